The van der Waals surface area contributed by atoms with Gasteiger partial charge in [-0.15, -0.1) is 11.3 Å². The van der Waals surface area contributed by atoms with Crippen molar-refractivity contribution < 1.29 is 0 Å². The van der Waals surface area contributed by atoms with E-state index in [1.165, 1.54) is 15.3 Å². The van der Waals surface area contributed by atoms with Gasteiger partial charge in [0.05, 0.1) is 15.2 Å². The monoisotopic (exact) mass is 269 g/mol. The molecule has 2 rings (SSSR count). The predicted octanol–water partition coefficient (Wildman–Crippen LogP) is 4.49. The van der Waals surface area contributed by atoms with Gasteiger partial charge in [-0.1, -0.05) is 29.8 Å². The smallest absolute Gasteiger partial charge is 0.0963 e. The number of aromatic nitrogens is 1. The Morgan fingerprint density at radius 3 is 2.71 bits per heavy atom. The van der Waals surface area contributed by atoms with E-state index in [2.05, 4.69) is 53.8 Å². The van der Waals surface area contributed by atoms with Gasteiger partial charge in [0.15, 0.2) is 0 Å². The zero-order valence-electron chi connectivity index (χ0n) is 8.47. The third kappa shape index (κ3) is 1.71. The van der Waals surface area contributed by atoms with E-state index in [-0.39, 0.29) is 0 Å². The predicted molar refractivity (Wildman–Crippen MR) is 66.1 cm³/mol. The molecular formula is C11H12BrNS. The van der Waals surface area contributed by atoms with Crippen LogP contribution in [0.3, 0.4) is 0 Å². The molecule has 1 heterocycles. The van der Waals surface area contributed by atoms with Crippen LogP contribution in [-0.2, 0) is 0 Å². The largest absolute Gasteiger partial charge is 0.241 e. The number of thiazole rings is 1. The Hall–Kier alpha value is -0.410. The second-order valence-corrected chi connectivity index (χ2v) is 5.69. The van der Waals surface area contributed by atoms with Crippen molar-refractivity contribution in [3.05, 3.63) is 27.2 Å². The van der Waals surface area contributed by atoms with Crippen LogP contribution in [-0.4, -0.2) is 4.98 Å². The van der Waals surface area contributed by atoms with Crippen LogP contribution in [0.2, 0.25) is 0 Å². The molecule has 0 bridgehead atoms. The molecular weight excluding hydrogens is 258 g/mol. The third-order valence-electron chi connectivity index (χ3n) is 2.18. The Morgan fingerprint density at radius 1 is 1.36 bits per heavy atom. The molecule has 1 aromatic carbocycles. The molecule has 3 heteroatoms. The van der Waals surface area contributed by atoms with Crippen LogP contribution in [0, 0.1) is 6.92 Å². The fraction of sp³-hybridized carbons (Fsp3) is 0.364. The Bertz CT molecular complexity index is 434. The number of halogens is 1. The molecule has 0 aliphatic rings. The Balaban J connectivity index is 2.66. The van der Waals surface area contributed by atoms with Gasteiger partial charge in [-0.2, -0.15) is 0 Å². The standard InChI is InChI=1S/C11H12BrNS/c1-6(2)11-13-9-5-8(12)7(3)4-10(9)14-11/h4-6H,1-3H3. The van der Waals surface area contributed by atoms with E-state index >= 15 is 0 Å². The highest BCUT2D eigenvalue weighted by Gasteiger charge is 2.08. The molecule has 0 spiro atoms. The molecule has 0 atom stereocenters. The molecule has 0 aliphatic carbocycles. The maximum atomic E-state index is 4.60. The number of hydrogen-bond acceptors (Lipinski definition) is 2. The topological polar surface area (TPSA) is 12.9 Å². The van der Waals surface area contributed by atoms with Crippen molar-refractivity contribution in [2.45, 2.75) is 26.7 Å². The van der Waals surface area contributed by atoms with Gasteiger partial charge >= 0.3 is 0 Å². The van der Waals surface area contributed by atoms with Crippen LogP contribution in [0.15, 0.2) is 16.6 Å². The van der Waals surface area contributed by atoms with Crippen LogP contribution in [0.4, 0.5) is 0 Å². The summed E-state index contributed by atoms with van der Waals surface area (Å²) in [7, 11) is 0. The number of aryl methyl sites for hydroxylation is 1. The number of benzene rings is 1. The van der Waals surface area contributed by atoms with E-state index in [9.17, 15) is 0 Å². The van der Waals surface area contributed by atoms with E-state index < -0.39 is 0 Å². The average Bonchev–Trinajstić information content (AvgIpc) is 2.48. The Morgan fingerprint density at radius 2 is 2.07 bits per heavy atom. The van der Waals surface area contributed by atoms with Crippen LogP contribution < -0.4 is 0 Å². The van der Waals surface area contributed by atoms with Crippen molar-refractivity contribution in [2.75, 3.05) is 0 Å². The molecule has 1 aromatic heterocycles. The summed E-state index contributed by atoms with van der Waals surface area (Å²) >= 11 is 5.32. The quantitative estimate of drug-likeness (QED) is 0.744. The van der Waals surface area contributed by atoms with Crippen molar-refractivity contribution >= 4 is 37.5 Å². The fourth-order valence-electron chi connectivity index (χ4n) is 1.31. The van der Waals surface area contributed by atoms with Gasteiger partial charge in [0.25, 0.3) is 0 Å². The minimum absolute atomic E-state index is 0.520. The molecule has 0 amide bonds. The molecule has 2 aromatic rings. The molecule has 74 valence electrons. The summed E-state index contributed by atoms with van der Waals surface area (Å²) in [5.74, 6) is 0.520. The van der Waals surface area contributed by atoms with Crippen LogP contribution in [0.1, 0.15) is 30.3 Å². The molecule has 0 saturated heterocycles. The summed E-state index contributed by atoms with van der Waals surface area (Å²) in [6.45, 7) is 6.47. The molecule has 0 fully saturated rings. The van der Waals surface area contributed by atoms with E-state index in [4.69, 9.17) is 0 Å². The zero-order chi connectivity index (χ0) is 10.3. The lowest BCUT2D eigenvalue weighted by Crippen LogP contribution is -1.83. The minimum atomic E-state index is 0.520. The Labute approximate surface area is 96.3 Å². The van der Waals surface area contributed by atoms with Gasteiger partial charge in [-0.3, -0.25) is 0 Å². The molecule has 0 N–H and O–H groups in total. The van der Waals surface area contributed by atoms with Crippen molar-refractivity contribution in [1.82, 2.24) is 4.98 Å². The van der Waals surface area contributed by atoms with E-state index in [1.807, 2.05) is 0 Å². The molecule has 0 unspecified atom stereocenters. The lowest BCUT2D eigenvalue weighted by molar-refractivity contribution is 0.857. The summed E-state index contributed by atoms with van der Waals surface area (Å²) in [5, 5.41) is 1.22. The SMILES string of the molecule is Cc1cc2sc(C(C)C)nc2cc1Br. The summed E-state index contributed by atoms with van der Waals surface area (Å²) in [5.41, 5.74) is 2.38. The molecule has 14 heavy (non-hydrogen) atoms. The van der Waals surface area contributed by atoms with Gasteiger partial charge in [-0.05, 0) is 24.6 Å². The third-order valence-corrected chi connectivity index (χ3v) is 4.35. The number of fused-ring (bicyclic) bond motifs is 1. The average molecular weight is 270 g/mol. The molecule has 0 aliphatic heterocycles. The lowest BCUT2D eigenvalue weighted by atomic mass is 10.2. The van der Waals surface area contributed by atoms with Crippen molar-refractivity contribution in [1.29, 1.82) is 0 Å². The molecule has 1 nitrogen and oxygen atoms in total. The normalized spacial score (nSPS) is 11.5. The van der Waals surface area contributed by atoms with Crippen LogP contribution in [0.5, 0.6) is 0 Å². The lowest BCUT2D eigenvalue weighted by Gasteiger charge is -1.95. The number of rotatable bonds is 1. The van der Waals surface area contributed by atoms with Crippen molar-refractivity contribution in [3.8, 4) is 0 Å². The second-order valence-electron chi connectivity index (χ2n) is 3.78. The summed E-state index contributed by atoms with van der Waals surface area (Å²) in [6.07, 6.45) is 0. The van der Waals surface area contributed by atoms with Gasteiger partial charge in [0.2, 0.25) is 0 Å². The summed E-state index contributed by atoms with van der Waals surface area (Å²) < 4.78 is 2.43. The number of nitrogens with zero attached hydrogens (tertiary/aromatic N) is 1. The fourth-order valence-corrected chi connectivity index (χ4v) is 2.70. The summed E-state index contributed by atoms with van der Waals surface area (Å²) in [4.78, 5) is 4.60. The first-order valence-electron chi connectivity index (χ1n) is 4.64. The highest BCUT2D eigenvalue weighted by atomic mass is 79.9. The van der Waals surface area contributed by atoms with Gasteiger partial charge in [0.1, 0.15) is 0 Å². The zero-order valence-corrected chi connectivity index (χ0v) is 10.9. The minimum Gasteiger partial charge on any atom is -0.241 e. The number of hydrogen-bond donors (Lipinski definition) is 0. The van der Waals surface area contributed by atoms with E-state index in [1.54, 1.807) is 11.3 Å². The summed E-state index contributed by atoms with van der Waals surface area (Å²) in [6, 6.07) is 4.30. The van der Waals surface area contributed by atoms with Gasteiger partial charge < -0.3 is 0 Å². The Kier molecular flexibility index (Phi) is 2.62. The first-order valence-corrected chi connectivity index (χ1v) is 6.25. The maximum Gasteiger partial charge on any atom is 0.0963 e. The van der Waals surface area contributed by atoms with Crippen molar-refractivity contribution in [3.63, 3.8) is 0 Å². The van der Waals surface area contributed by atoms with Crippen LogP contribution in [0.25, 0.3) is 10.2 Å². The maximum absolute atomic E-state index is 4.60. The van der Waals surface area contributed by atoms with Crippen molar-refractivity contribution in [2.24, 2.45) is 0 Å². The van der Waals surface area contributed by atoms with Crippen LogP contribution >= 0.6 is 27.3 Å². The molecule has 0 saturated carbocycles. The van der Waals surface area contributed by atoms with E-state index in [0.29, 0.717) is 5.92 Å². The highest BCUT2D eigenvalue weighted by Crippen LogP contribution is 2.30. The first kappa shape index (κ1) is 10.1. The van der Waals surface area contributed by atoms with Gasteiger partial charge in [0, 0.05) is 10.4 Å². The first-order chi connectivity index (χ1) is 6.58. The highest BCUT2D eigenvalue weighted by molar-refractivity contribution is 9.10. The van der Waals surface area contributed by atoms with E-state index in [0.717, 1.165) is 9.99 Å². The van der Waals surface area contributed by atoms with Gasteiger partial charge in [-0.25, -0.2) is 4.98 Å². The second kappa shape index (κ2) is 3.63. The molecule has 0 radical (unpaired) electrons.